The number of esters is 1. The predicted molar refractivity (Wildman–Crippen MR) is 39.7 cm³/mol. The SMILES string of the molecule is CCOC(=O)c1ccc(O)nn1. The van der Waals surface area contributed by atoms with Crippen molar-refractivity contribution in [1.82, 2.24) is 10.2 Å². The van der Waals surface area contributed by atoms with E-state index in [1.165, 1.54) is 12.1 Å². The van der Waals surface area contributed by atoms with Gasteiger partial charge < -0.3 is 9.84 Å². The van der Waals surface area contributed by atoms with Crippen LogP contribution >= 0.6 is 0 Å². The molecule has 1 aromatic rings. The monoisotopic (exact) mass is 168 g/mol. The fourth-order valence-electron chi connectivity index (χ4n) is 0.639. The smallest absolute Gasteiger partial charge is 0.358 e. The largest absolute Gasteiger partial charge is 0.492 e. The number of hydrogen-bond acceptors (Lipinski definition) is 5. The van der Waals surface area contributed by atoms with Crippen molar-refractivity contribution in [3.05, 3.63) is 17.8 Å². The third-order valence-corrected chi connectivity index (χ3v) is 1.14. The average Bonchev–Trinajstić information content (AvgIpc) is 2.06. The van der Waals surface area contributed by atoms with E-state index in [4.69, 9.17) is 5.11 Å². The molecule has 64 valence electrons. The zero-order valence-corrected chi connectivity index (χ0v) is 6.52. The number of ether oxygens (including phenoxy) is 1. The van der Waals surface area contributed by atoms with Crippen molar-refractivity contribution in [3.8, 4) is 5.88 Å². The Kier molecular flexibility index (Phi) is 2.57. The summed E-state index contributed by atoms with van der Waals surface area (Å²) < 4.78 is 4.64. The molecule has 12 heavy (non-hydrogen) atoms. The molecular weight excluding hydrogens is 160 g/mol. The second-order valence-electron chi connectivity index (χ2n) is 2.00. The van der Waals surface area contributed by atoms with Gasteiger partial charge in [-0.25, -0.2) is 4.79 Å². The van der Waals surface area contributed by atoms with Crippen molar-refractivity contribution in [2.24, 2.45) is 0 Å². The summed E-state index contributed by atoms with van der Waals surface area (Å²) in [6.45, 7) is 1.99. The highest BCUT2D eigenvalue weighted by molar-refractivity contribution is 5.86. The van der Waals surface area contributed by atoms with Crippen LogP contribution in [0.3, 0.4) is 0 Å². The van der Waals surface area contributed by atoms with Crippen molar-refractivity contribution in [2.75, 3.05) is 6.61 Å². The molecule has 0 fully saturated rings. The summed E-state index contributed by atoms with van der Waals surface area (Å²) in [7, 11) is 0. The lowest BCUT2D eigenvalue weighted by Crippen LogP contribution is -2.07. The first-order valence-corrected chi connectivity index (χ1v) is 3.44. The Balaban J connectivity index is 2.75. The van der Waals surface area contributed by atoms with Gasteiger partial charge in [0.15, 0.2) is 5.69 Å². The van der Waals surface area contributed by atoms with E-state index in [2.05, 4.69) is 14.9 Å². The van der Waals surface area contributed by atoms with E-state index in [0.29, 0.717) is 6.61 Å². The van der Waals surface area contributed by atoms with E-state index < -0.39 is 5.97 Å². The number of nitrogens with zero attached hydrogens (tertiary/aromatic N) is 2. The highest BCUT2D eigenvalue weighted by atomic mass is 16.5. The van der Waals surface area contributed by atoms with Crippen LogP contribution in [0.15, 0.2) is 12.1 Å². The van der Waals surface area contributed by atoms with Gasteiger partial charge in [0.25, 0.3) is 0 Å². The molecule has 1 heterocycles. The van der Waals surface area contributed by atoms with Crippen molar-refractivity contribution in [2.45, 2.75) is 6.92 Å². The summed E-state index contributed by atoms with van der Waals surface area (Å²) in [5, 5.41) is 15.5. The van der Waals surface area contributed by atoms with Crippen LogP contribution in [0.4, 0.5) is 0 Å². The van der Waals surface area contributed by atoms with Gasteiger partial charge in [-0.05, 0) is 13.0 Å². The second-order valence-corrected chi connectivity index (χ2v) is 2.00. The highest BCUT2D eigenvalue weighted by Crippen LogP contribution is 2.02. The molecule has 0 radical (unpaired) electrons. The van der Waals surface area contributed by atoms with Crippen LogP contribution in [0.1, 0.15) is 17.4 Å². The van der Waals surface area contributed by atoms with E-state index in [1.807, 2.05) is 0 Å². The van der Waals surface area contributed by atoms with E-state index in [9.17, 15) is 4.79 Å². The highest BCUT2D eigenvalue weighted by Gasteiger charge is 2.07. The summed E-state index contributed by atoms with van der Waals surface area (Å²) >= 11 is 0. The Bertz CT molecular complexity index is 270. The van der Waals surface area contributed by atoms with Gasteiger partial charge in [-0.3, -0.25) is 0 Å². The second kappa shape index (κ2) is 3.66. The first-order valence-electron chi connectivity index (χ1n) is 3.44. The summed E-state index contributed by atoms with van der Waals surface area (Å²) in [4.78, 5) is 10.9. The summed E-state index contributed by atoms with van der Waals surface area (Å²) in [5.74, 6) is -0.756. The molecular formula is C7H8N2O3. The number of aromatic hydroxyl groups is 1. The maximum Gasteiger partial charge on any atom is 0.358 e. The fraction of sp³-hybridized carbons (Fsp3) is 0.286. The van der Waals surface area contributed by atoms with Gasteiger partial charge in [0, 0.05) is 6.07 Å². The molecule has 0 aliphatic rings. The molecule has 0 amide bonds. The first kappa shape index (κ1) is 8.45. The minimum absolute atomic E-state index is 0.0923. The normalized spacial score (nSPS) is 9.42. The van der Waals surface area contributed by atoms with E-state index in [1.54, 1.807) is 6.92 Å². The summed E-state index contributed by atoms with van der Waals surface area (Å²) in [6.07, 6.45) is 0. The maximum atomic E-state index is 10.9. The van der Waals surface area contributed by atoms with Crippen LogP contribution in [-0.2, 0) is 4.74 Å². The average molecular weight is 168 g/mol. The third kappa shape index (κ3) is 1.91. The lowest BCUT2D eigenvalue weighted by atomic mass is 10.4. The van der Waals surface area contributed by atoms with Gasteiger partial charge in [0.1, 0.15) is 0 Å². The summed E-state index contributed by atoms with van der Waals surface area (Å²) in [5.41, 5.74) is 0.0923. The Morgan fingerprint density at radius 2 is 2.33 bits per heavy atom. The molecule has 0 aliphatic heterocycles. The zero-order valence-electron chi connectivity index (χ0n) is 6.52. The van der Waals surface area contributed by atoms with E-state index >= 15 is 0 Å². The molecule has 0 atom stereocenters. The van der Waals surface area contributed by atoms with Crippen LogP contribution in [0, 0.1) is 0 Å². The molecule has 1 aromatic heterocycles. The quantitative estimate of drug-likeness (QED) is 0.645. The number of carbonyl (C=O) groups excluding carboxylic acids is 1. The maximum absolute atomic E-state index is 10.9. The summed E-state index contributed by atoms with van der Waals surface area (Å²) in [6, 6.07) is 2.62. The molecule has 0 aromatic carbocycles. The zero-order chi connectivity index (χ0) is 8.97. The standard InChI is InChI=1S/C7H8N2O3/c1-2-12-7(11)5-3-4-6(10)9-8-5/h3-4H,2H2,1H3,(H,9,10). The molecule has 0 saturated heterocycles. The van der Waals surface area contributed by atoms with Gasteiger partial charge in [0.2, 0.25) is 5.88 Å². The van der Waals surface area contributed by atoms with Crippen LogP contribution < -0.4 is 0 Å². The third-order valence-electron chi connectivity index (χ3n) is 1.14. The topological polar surface area (TPSA) is 72.3 Å². The fourth-order valence-corrected chi connectivity index (χ4v) is 0.639. The lowest BCUT2D eigenvalue weighted by molar-refractivity contribution is 0.0518. The molecule has 1 N–H and O–H groups in total. The van der Waals surface area contributed by atoms with Crippen LogP contribution in [0.25, 0.3) is 0 Å². The van der Waals surface area contributed by atoms with Crippen molar-refractivity contribution >= 4 is 5.97 Å². The lowest BCUT2D eigenvalue weighted by Gasteiger charge is -1.98. The Hall–Kier alpha value is -1.65. The van der Waals surface area contributed by atoms with Gasteiger partial charge in [-0.1, -0.05) is 0 Å². The van der Waals surface area contributed by atoms with Crippen LogP contribution in [0.5, 0.6) is 5.88 Å². The Labute approximate surface area is 69.0 Å². The molecule has 0 aliphatic carbocycles. The van der Waals surface area contributed by atoms with Gasteiger partial charge in [0.05, 0.1) is 6.61 Å². The van der Waals surface area contributed by atoms with E-state index in [0.717, 1.165) is 0 Å². The molecule has 1 rings (SSSR count). The Morgan fingerprint density at radius 3 is 2.83 bits per heavy atom. The van der Waals surface area contributed by atoms with Crippen molar-refractivity contribution < 1.29 is 14.6 Å². The molecule has 0 saturated carbocycles. The molecule has 0 unspecified atom stereocenters. The number of rotatable bonds is 2. The molecule has 0 bridgehead atoms. The van der Waals surface area contributed by atoms with Crippen LogP contribution in [-0.4, -0.2) is 27.9 Å². The number of carbonyl (C=O) groups is 1. The Morgan fingerprint density at radius 1 is 1.58 bits per heavy atom. The van der Waals surface area contributed by atoms with Crippen LogP contribution in [0.2, 0.25) is 0 Å². The molecule has 0 spiro atoms. The molecule has 5 nitrogen and oxygen atoms in total. The van der Waals surface area contributed by atoms with Crippen molar-refractivity contribution in [1.29, 1.82) is 0 Å². The van der Waals surface area contributed by atoms with Gasteiger partial charge in [-0.15, -0.1) is 10.2 Å². The minimum atomic E-state index is -0.537. The molecule has 5 heteroatoms. The van der Waals surface area contributed by atoms with E-state index in [-0.39, 0.29) is 11.6 Å². The number of aromatic nitrogens is 2. The van der Waals surface area contributed by atoms with Gasteiger partial charge in [-0.2, -0.15) is 0 Å². The van der Waals surface area contributed by atoms with Crippen molar-refractivity contribution in [3.63, 3.8) is 0 Å². The minimum Gasteiger partial charge on any atom is -0.492 e. The predicted octanol–water partition coefficient (Wildman–Crippen LogP) is 0.359. The first-order chi connectivity index (χ1) is 5.74. The number of hydrogen-bond donors (Lipinski definition) is 1. The van der Waals surface area contributed by atoms with Gasteiger partial charge >= 0.3 is 5.97 Å².